The lowest BCUT2D eigenvalue weighted by molar-refractivity contribution is -0.170. The van der Waals surface area contributed by atoms with E-state index in [0.717, 1.165) is 18.4 Å². The van der Waals surface area contributed by atoms with Gasteiger partial charge in [0.15, 0.2) is 0 Å². The standard InChI is InChI=1S/C16H23IO2/c1-6-15(3,4)14(18)19-16(5,7-2)12-8-10-13(17)11-9-12/h8-11H,6-7H2,1-5H3. The number of ether oxygens (including phenoxy) is 1. The van der Waals surface area contributed by atoms with E-state index in [2.05, 4.69) is 22.6 Å². The van der Waals surface area contributed by atoms with E-state index >= 15 is 0 Å². The van der Waals surface area contributed by atoms with Crippen LogP contribution in [0.25, 0.3) is 0 Å². The fraction of sp³-hybridized carbons (Fsp3) is 0.562. The van der Waals surface area contributed by atoms with E-state index in [9.17, 15) is 4.79 Å². The van der Waals surface area contributed by atoms with Crippen molar-refractivity contribution in [3.05, 3.63) is 33.4 Å². The third-order valence-corrected chi connectivity index (χ3v) is 4.60. The first-order valence-corrected chi connectivity index (χ1v) is 7.82. The molecule has 0 bridgehead atoms. The summed E-state index contributed by atoms with van der Waals surface area (Å²) in [5.74, 6) is -0.127. The third kappa shape index (κ3) is 3.94. The van der Waals surface area contributed by atoms with E-state index in [1.165, 1.54) is 3.57 Å². The van der Waals surface area contributed by atoms with Crippen molar-refractivity contribution < 1.29 is 9.53 Å². The summed E-state index contributed by atoms with van der Waals surface area (Å²) in [7, 11) is 0. The normalized spacial score (nSPS) is 14.8. The van der Waals surface area contributed by atoms with Gasteiger partial charge in [0.05, 0.1) is 5.41 Å². The Bertz CT molecular complexity index is 437. The van der Waals surface area contributed by atoms with Crippen molar-refractivity contribution >= 4 is 28.6 Å². The number of carbonyl (C=O) groups excluding carboxylic acids is 1. The van der Waals surface area contributed by atoms with Gasteiger partial charge in [-0.1, -0.05) is 26.0 Å². The molecule has 0 amide bonds. The molecule has 0 heterocycles. The monoisotopic (exact) mass is 374 g/mol. The van der Waals surface area contributed by atoms with Crippen LogP contribution in [0.4, 0.5) is 0 Å². The van der Waals surface area contributed by atoms with Crippen LogP contribution in [-0.2, 0) is 15.1 Å². The van der Waals surface area contributed by atoms with Gasteiger partial charge in [-0.15, -0.1) is 0 Å². The van der Waals surface area contributed by atoms with Crippen molar-refractivity contribution in [2.75, 3.05) is 0 Å². The summed E-state index contributed by atoms with van der Waals surface area (Å²) in [5, 5.41) is 0. The highest BCUT2D eigenvalue weighted by Gasteiger charge is 2.35. The lowest BCUT2D eigenvalue weighted by Gasteiger charge is -2.33. The number of hydrogen-bond acceptors (Lipinski definition) is 2. The molecule has 2 nitrogen and oxygen atoms in total. The van der Waals surface area contributed by atoms with E-state index in [1.54, 1.807) is 0 Å². The highest BCUT2D eigenvalue weighted by atomic mass is 127. The maximum Gasteiger partial charge on any atom is 0.312 e. The molecule has 0 saturated carbocycles. The first-order chi connectivity index (χ1) is 8.75. The van der Waals surface area contributed by atoms with Crippen LogP contribution >= 0.6 is 22.6 Å². The van der Waals surface area contributed by atoms with Crippen molar-refractivity contribution in [2.24, 2.45) is 5.41 Å². The van der Waals surface area contributed by atoms with Gasteiger partial charge in [0.25, 0.3) is 0 Å². The minimum absolute atomic E-state index is 0.127. The largest absolute Gasteiger partial charge is 0.454 e. The Hall–Kier alpha value is -0.580. The topological polar surface area (TPSA) is 26.3 Å². The molecule has 0 aromatic heterocycles. The number of esters is 1. The van der Waals surface area contributed by atoms with Crippen molar-refractivity contribution in [1.82, 2.24) is 0 Å². The molecule has 0 N–H and O–H groups in total. The number of benzene rings is 1. The Morgan fingerprint density at radius 2 is 1.63 bits per heavy atom. The zero-order valence-corrected chi connectivity index (χ0v) is 14.6. The SMILES string of the molecule is CCC(C)(C)C(=O)OC(C)(CC)c1ccc(I)cc1. The molecule has 0 saturated heterocycles. The Morgan fingerprint density at radius 3 is 2.05 bits per heavy atom. The van der Waals surface area contributed by atoms with Gasteiger partial charge in [-0.3, -0.25) is 4.79 Å². The molecule has 1 rings (SSSR count). The van der Waals surface area contributed by atoms with Crippen molar-refractivity contribution in [2.45, 2.75) is 53.1 Å². The minimum atomic E-state index is -0.548. The smallest absolute Gasteiger partial charge is 0.312 e. The predicted octanol–water partition coefficient (Wildman–Crippen LogP) is 4.90. The summed E-state index contributed by atoms with van der Waals surface area (Å²) in [6, 6.07) is 8.17. The van der Waals surface area contributed by atoms with Gasteiger partial charge in [0, 0.05) is 3.57 Å². The second-order valence-corrected chi connectivity index (χ2v) is 6.96. The molecule has 0 aliphatic rings. The fourth-order valence-electron chi connectivity index (χ4n) is 1.62. The number of hydrogen-bond donors (Lipinski definition) is 0. The van der Waals surface area contributed by atoms with Gasteiger partial charge in [-0.05, 0) is 73.9 Å². The molecule has 1 unspecified atom stereocenters. The van der Waals surface area contributed by atoms with E-state index < -0.39 is 11.0 Å². The van der Waals surface area contributed by atoms with Gasteiger partial charge in [-0.25, -0.2) is 0 Å². The maximum absolute atomic E-state index is 12.3. The highest BCUT2D eigenvalue weighted by Crippen LogP contribution is 2.33. The van der Waals surface area contributed by atoms with Gasteiger partial charge in [-0.2, -0.15) is 0 Å². The number of halogens is 1. The molecule has 1 aromatic carbocycles. The Morgan fingerprint density at radius 1 is 1.11 bits per heavy atom. The third-order valence-electron chi connectivity index (χ3n) is 3.88. The molecule has 1 atom stereocenters. The van der Waals surface area contributed by atoms with Crippen LogP contribution in [0, 0.1) is 8.99 Å². The van der Waals surface area contributed by atoms with Gasteiger partial charge in [0.2, 0.25) is 0 Å². The molecule has 1 aromatic rings. The summed E-state index contributed by atoms with van der Waals surface area (Å²) in [5.41, 5.74) is 0.0729. The molecule has 3 heteroatoms. The second-order valence-electron chi connectivity index (χ2n) is 5.72. The van der Waals surface area contributed by atoms with E-state index in [4.69, 9.17) is 4.74 Å². The van der Waals surface area contributed by atoms with E-state index in [1.807, 2.05) is 58.9 Å². The predicted molar refractivity (Wildman–Crippen MR) is 87.0 cm³/mol. The van der Waals surface area contributed by atoms with Crippen LogP contribution in [0.1, 0.15) is 53.0 Å². The first kappa shape index (κ1) is 16.5. The van der Waals surface area contributed by atoms with Crippen molar-refractivity contribution in [3.8, 4) is 0 Å². The van der Waals surface area contributed by atoms with E-state index in [-0.39, 0.29) is 5.97 Å². The Kier molecular flexibility index (Phi) is 5.42. The quantitative estimate of drug-likeness (QED) is 0.542. The van der Waals surface area contributed by atoms with Crippen LogP contribution < -0.4 is 0 Å². The molecular weight excluding hydrogens is 351 g/mol. The maximum atomic E-state index is 12.3. The van der Waals surface area contributed by atoms with Crippen LogP contribution in [0.3, 0.4) is 0 Å². The van der Waals surface area contributed by atoms with Gasteiger partial charge >= 0.3 is 5.97 Å². The molecule has 0 aliphatic heterocycles. The van der Waals surface area contributed by atoms with Crippen molar-refractivity contribution in [1.29, 1.82) is 0 Å². The minimum Gasteiger partial charge on any atom is -0.454 e. The first-order valence-electron chi connectivity index (χ1n) is 6.74. The number of rotatable bonds is 5. The molecular formula is C16H23IO2. The molecule has 0 spiro atoms. The molecule has 19 heavy (non-hydrogen) atoms. The zero-order chi connectivity index (χ0) is 14.7. The fourth-order valence-corrected chi connectivity index (χ4v) is 1.98. The van der Waals surface area contributed by atoms with Crippen molar-refractivity contribution in [3.63, 3.8) is 0 Å². The zero-order valence-electron chi connectivity index (χ0n) is 12.4. The summed E-state index contributed by atoms with van der Waals surface area (Å²) in [6.07, 6.45) is 1.54. The van der Waals surface area contributed by atoms with Crippen LogP contribution in [0.5, 0.6) is 0 Å². The average molecular weight is 374 g/mol. The van der Waals surface area contributed by atoms with Crippen LogP contribution in [0.15, 0.2) is 24.3 Å². The Balaban J connectivity index is 2.99. The Labute approximate surface area is 130 Å². The molecule has 106 valence electrons. The molecule has 0 aliphatic carbocycles. The summed E-state index contributed by atoms with van der Waals surface area (Å²) >= 11 is 2.27. The summed E-state index contributed by atoms with van der Waals surface area (Å²) in [6.45, 7) is 9.90. The van der Waals surface area contributed by atoms with Crippen LogP contribution in [0.2, 0.25) is 0 Å². The molecule has 0 fully saturated rings. The summed E-state index contributed by atoms with van der Waals surface area (Å²) in [4.78, 5) is 12.3. The van der Waals surface area contributed by atoms with Gasteiger partial charge in [0.1, 0.15) is 5.60 Å². The lowest BCUT2D eigenvalue weighted by Crippen LogP contribution is -2.35. The van der Waals surface area contributed by atoms with Crippen LogP contribution in [-0.4, -0.2) is 5.97 Å². The second kappa shape index (κ2) is 6.25. The molecule has 0 radical (unpaired) electrons. The lowest BCUT2D eigenvalue weighted by atomic mass is 9.88. The van der Waals surface area contributed by atoms with Gasteiger partial charge < -0.3 is 4.74 Å². The summed E-state index contributed by atoms with van der Waals surface area (Å²) < 4.78 is 7.01. The highest BCUT2D eigenvalue weighted by molar-refractivity contribution is 14.1. The number of carbonyl (C=O) groups is 1. The van der Waals surface area contributed by atoms with E-state index in [0.29, 0.717) is 0 Å². The average Bonchev–Trinajstić information content (AvgIpc) is 2.39.